The molecule has 0 atom stereocenters. The molecule has 188 valence electrons. The average molecular weight is 510 g/mol. The number of nitrogens with two attached hydrogens (primary N) is 1. The first-order valence-corrected chi connectivity index (χ1v) is 12.0. The summed E-state index contributed by atoms with van der Waals surface area (Å²) in [7, 11) is 0. The van der Waals surface area contributed by atoms with E-state index in [2.05, 4.69) is 30.9 Å². The molecular weight excluding hydrogens is 482 g/mol. The average Bonchev–Trinajstić information content (AvgIpc) is 3.38. The summed E-state index contributed by atoms with van der Waals surface area (Å²) in [5.41, 5.74) is 7.65. The highest BCUT2D eigenvalue weighted by atomic mass is 35.5. The lowest BCUT2D eigenvalue weighted by atomic mass is 9.99. The second-order valence-corrected chi connectivity index (χ2v) is 8.89. The summed E-state index contributed by atoms with van der Waals surface area (Å²) >= 11 is 6.04. The number of rotatable bonds is 8. The third kappa shape index (κ3) is 6.21. The number of H-pyrrole nitrogens is 1. The highest BCUT2D eigenvalue weighted by Crippen LogP contribution is 2.31. The van der Waals surface area contributed by atoms with E-state index < -0.39 is 11.8 Å². The molecule has 11 heteroatoms. The van der Waals surface area contributed by atoms with Gasteiger partial charge in [-0.3, -0.25) is 9.59 Å². The fourth-order valence-electron chi connectivity index (χ4n) is 3.89. The Balaban J connectivity index is 1.47. The van der Waals surface area contributed by atoms with Gasteiger partial charge >= 0.3 is 0 Å². The topological polar surface area (TPSA) is 147 Å². The molecule has 1 saturated heterocycles. The van der Waals surface area contributed by atoms with E-state index in [0.717, 1.165) is 37.8 Å². The smallest absolute Gasteiger partial charge is 0.276 e. The number of amides is 2. The van der Waals surface area contributed by atoms with Gasteiger partial charge in [-0.05, 0) is 68.6 Å². The molecule has 2 amide bonds. The molecule has 6 N–H and O–H groups in total. The Morgan fingerprint density at radius 1 is 1.17 bits per heavy atom. The van der Waals surface area contributed by atoms with Crippen molar-refractivity contribution >= 4 is 46.8 Å². The van der Waals surface area contributed by atoms with Crippen LogP contribution in [-0.2, 0) is 0 Å². The van der Waals surface area contributed by atoms with Gasteiger partial charge in [-0.1, -0.05) is 17.7 Å². The van der Waals surface area contributed by atoms with Crippen LogP contribution in [0.2, 0.25) is 5.02 Å². The van der Waals surface area contributed by atoms with E-state index in [0.29, 0.717) is 40.4 Å². The zero-order valence-electron chi connectivity index (χ0n) is 19.8. The van der Waals surface area contributed by atoms with Crippen molar-refractivity contribution in [3.8, 4) is 5.75 Å². The zero-order valence-corrected chi connectivity index (χ0v) is 20.6. The van der Waals surface area contributed by atoms with Gasteiger partial charge in [-0.2, -0.15) is 0 Å². The number of imidazole rings is 1. The maximum absolute atomic E-state index is 13.0. The summed E-state index contributed by atoms with van der Waals surface area (Å²) in [6, 6.07) is 10.3. The molecule has 2 heterocycles. The van der Waals surface area contributed by atoms with Crippen molar-refractivity contribution in [2.45, 2.75) is 19.8 Å². The minimum atomic E-state index is -0.558. The summed E-state index contributed by atoms with van der Waals surface area (Å²) in [6.07, 6.45) is 4.56. The van der Waals surface area contributed by atoms with Gasteiger partial charge in [0.2, 0.25) is 0 Å². The van der Waals surface area contributed by atoms with Crippen molar-refractivity contribution < 1.29 is 14.3 Å². The Labute approximate surface area is 213 Å². The number of carbonyl (C=O) groups excluding carboxylic acids is 2. The SMILES string of the molecule is Cc1ccc(Cl)cc1NC(=O)c1nc[nH]c1C(=O)Nc1ccc(OCC2CCNCC2)cc1N=CN. The lowest BCUT2D eigenvalue weighted by molar-refractivity contribution is 0.0985. The van der Waals surface area contributed by atoms with Crippen molar-refractivity contribution in [2.24, 2.45) is 16.6 Å². The van der Waals surface area contributed by atoms with E-state index in [1.165, 1.54) is 6.33 Å². The maximum Gasteiger partial charge on any atom is 0.276 e. The van der Waals surface area contributed by atoms with Crippen LogP contribution < -0.4 is 26.4 Å². The minimum Gasteiger partial charge on any atom is -0.493 e. The first-order valence-electron chi connectivity index (χ1n) is 11.6. The number of ether oxygens (including phenoxy) is 1. The molecule has 1 aliphatic heterocycles. The Morgan fingerprint density at radius 2 is 1.94 bits per heavy atom. The molecule has 0 radical (unpaired) electrons. The summed E-state index contributed by atoms with van der Waals surface area (Å²) in [5.74, 6) is 0.0179. The number of hydrogen-bond acceptors (Lipinski definition) is 6. The normalized spacial score (nSPS) is 14.1. The number of anilines is 2. The lowest BCUT2D eigenvalue weighted by Crippen LogP contribution is -2.30. The maximum atomic E-state index is 13.0. The quantitative estimate of drug-likeness (QED) is 0.230. The van der Waals surface area contributed by atoms with E-state index >= 15 is 0 Å². The van der Waals surface area contributed by atoms with Crippen molar-refractivity contribution in [1.29, 1.82) is 0 Å². The van der Waals surface area contributed by atoms with E-state index in [-0.39, 0.29) is 11.4 Å². The molecule has 0 bridgehead atoms. The molecule has 4 rings (SSSR count). The summed E-state index contributed by atoms with van der Waals surface area (Å²) in [6.45, 7) is 4.43. The van der Waals surface area contributed by atoms with Crippen LogP contribution in [0.5, 0.6) is 5.75 Å². The second kappa shape index (κ2) is 11.7. The fourth-order valence-corrected chi connectivity index (χ4v) is 4.06. The first-order chi connectivity index (χ1) is 17.4. The lowest BCUT2D eigenvalue weighted by Gasteiger charge is -2.22. The zero-order chi connectivity index (χ0) is 25.5. The van der Waals surface area contributed by atoms with Crippen molar-refractivity contribution in [3.63, 3.8) is 0 Å². The van der Waals surface area contributed by atoms with Gasteiger partial charge < -0.3 is 31.4 Å². The molecule has 1 fully saturated rings. The number of aromatic amines is 1. The number of hydrogen-bond donors (Lipinski definition) is 5. The van der Waals surface area contributed by atoms with Gasteiger partial charge in [0.1, 0.15) is 11.4 Å². The molecule has 0 saturated carbocycles. The highest BCUT2D eigenvalue weighted by Gasteiger charge is 2.22. The van der Waals surface area contributed by atoms with Crippen molar-refractivity contribution in [3.05, 3.63) is 64.7 Å². The van der Waals surface area contributed by atoms with Gasteiger partial charge in [0.05, 0.1) is 30.6 Å². The van der Waals surface area contributed by atoms with Gasteiger partial charge in [0, 0.05) is 16.8 Å². The number of halogens is 1. The number of carbonyl (C=O) groups is 2. The molecule has 10 nitrogen and oxygen atoms in total. The largest absolute Gasteiger partial charge is 0.493 e. The predicted molar refractivity (Wildman–Crippen MR) is 141 cm³/mol. The summed E-state index contributed by atoms with van der Waals surface area (Å²) in [4.78, 5) is 36.8. The summed E-state index contributed by atoms with van der Waals surface area (Å²) < 4.78 is 5.96. The van der Waals surface area contributed by atoms with Crippen LogP contribution in [0, 0.1) is 12.8 Å². The second-order valence-electron chi connectivity index (χ2n) is 8.46. The molecule has 36 heavy (non-hydrogen) atoms. The van der Waals surface area contributed by atoms with Gasteiger partial charge in [0.15, 0.2) is 5.69 Å². The Morgan fingerprint density at radius 3 is 2.72 bits per heavy atom. The fraction of sp³-hybridized carbons (Fsp3) is 0.280. The van der Waals surface area contributed by atoms with E-state index in [1.807, 2.05) is 6.92 Å². The summed E-state index contributed by atoms with van der Waals surface area (Å²) in [5, 5.41) is 9.33. The number of nitrogens with zero attached hydrogens (tertiary/aromatic N) is 2. The Hall–Kier alpha value is -3.89. The van der Waals surface area contributed by atoms with E-state index in [1.54, 1.807) is 36.4 Å². The molecule has 3 aromatic rings. The molecule has 0 spiro atoms. The van der Waals surface area contributed by atoms with Crippen LogP contribution in [0.4, 0.5) is 17.1 Å². The Bertz CT molecular complexity index is 1270. The Kier molecular flexibility index (Phi) is 8.19. The number of benzene rings is 2. The third-order valence-electron chi connectivity index (χ3n) is 5.90. The number of piperidine rings is 1. The van der Waals surface area contributed by atoms with Crippen LogP contribution in [0.1, 0.15) is 39.4 Å². The van der Waals surface area contributed by atoms with E-state index in [4.69, 9.17) is 22.1 Å². The monoisotopic (exact) mass is 509 g/mol. The third-order valence-corrected chi connectivity index (χ3v) is 6.14. The van der Waals surface area contributed by atoms with Crippen LogP contribution in [-0.4, -0.2) is 47.8 Å². The molecule has 0 unspecified atom stereocenters. The van der Waals surface area contributed by atoms with Crippen LogP contribution in [0.3, 0.4) is 0 Å². The first kappa shape index (κ1) is 25.2. The van der Waals surface area contributed by atoms with Crippen LogP contribution in [0.25, 0.3) is 0 Å². The standard InChI is InChI=1S/C25H28ClN7O3/c1-15-2-3-17(26)10-20(15)33-25(35)23-22(30-14-31-23)24(34)32-19-5-4-18(11-21(19)29-13-27)36-12-16-6-8-28-9-7-16/h2-5,10-11,13-14,16,28H,6-9,12H2,1H3,(H2,27,29)(H,30,31)(H,32,34)(H,33,35). The predicted octanol–water partition coefficient (Wildman–Crippen LogP) is 3.87. The number of nitrogens with one attached hydrogen (secondary N) is 4. The van der Waals surface area contributed by atoms with Gasteiger partial charge in [-0.25, -0.2) is 9.98 Å². The van der Waals surface area contributed by atoms with Gasteiger partial charge in [0.25, 0.3) is 11.8 Å². The number of aromatic nitrogens is 2. The molecular formula is C25H28ClN7O3. The van der Waals surface area contributed by atoms with Crippen molar-refractivity contribution in [2.75, 3.05) is 30.3 Å². The van der Waals surface area contributed by atoms with E-state index in [9.17, 15) is 9.59 Å². The molecule has 0 aliphatic carbocycles. The molecule has 2 aromatic carbocycles. The minimum absolute atomic E-state index is 0.00101. The highest BCUT2D eigenvalue weighted by molar-refractivity contribution is 6.31. The molecule has 1 aromatic heterocycles. The molecule has 1 aliphatic rings. The van der Waals surface area contributed by atoms with Crippen LogP contribution >= 0.6 is 11.6 Å². The van der Waals surface area contributed by atoms with Crippen molar-refractivity contribution in [1.82, 2.24) is 15.3 Å². The number of aryl methyl sites for hydroxylation is 1. The van der Waals surface area contributed by atoms with Gasteiger partial charge in [-0.15, -0.1) is 0 Å². The van der Waals surface area contributed by atoms with Crippen LogP contribution in [0.15, 0.2) is 47.7 Å². The number of aliphatic imine (C=N–C) groups is 1.